The fourth-order valence-corrected chi connectivity index (χ4v) is 3.68. The molecule has 0 aliphatic heterocycles. The molecule has 4 heteroatoms. The minimum Gasteiger partial charge on any atom is -0.295 e. The Hall–Kier alpha value is -1.84. The van der Waals surface area contributed by atoms with Crippen LogP contribution in [0.5, 0.6) is 0 Å². The van der Waals surface area contributed by atoms with E-state index in [1.54, 1.807) is 23.2 Å². The van der Waals surface area contributed by atoms with Crippen molar-refractivity contribution >= 4 is 16.8 Å². The summed E-state index contributed by atoms with van der Waals surface area (Å²) in [5.74, 6) is 0.228. The summed E-state index contributed by atoms with van der Waals surface area (Å²) in [4.78, 5) is 24.8. The van der Waals surface area contributed by atoms with Crippen molar-refractivity contribution < 1.29 is 4.79 Å². The van der Waals surface area contributed by atoms with Crippen LogP contribution in [0.4, 0.5) is 0 Å². The van der Waals surface area contributed by atoms with Crippen molar-refractivity contribution in [1.82, 2.24) is 9.13 Å². The van der Waals surface area contributed by atoms with Crippen LogP contribution in [0.1, 0.15) is 38.1 Å². The smallest absolute Gasteiger partial charge is 0.295 e. The van der Waals surface area contributed by atoms with Gasteiger partial charge in [0.15, 0.2) is 5.78 Å². The standard InChI is InChI=1S/C17H22N2O2/c1-16(2)14(17(16,3)4)13(20)10-7-8-11-12(9-10)19(6)15(21)18(11)5/h7-9,14H,1-6H3. The topological polar surface area (TPSA) is 44.0 Å². The van der Waals surface area contributed by atoms with Gasteiger partial charge in [0, 0.05) is 25.6 Å². The van der Waals surface area contributed by atoms with Crippen molar-refractivity contribution in [3.8, 4) is 0 Å². The lowest BCUT2D eigenvalue weighted by Gasteiger charge is -2.04. The SMILES string of the molecule is Cn1c(=O)n(C)c2cc(C(=O)C3C(C)(C)C3(C)C)ccc21. The lowest BCUT2D eigenvalue weighted by Crippen LogP contribution is -2.19. The summed E-state index contributed by atoms with van der Waals surface area (Å²) < 4.78 is 3.20. The first kappa shape index (κ1) is 14.1. The first-order chi connectivity index (χ1) is 9.60. The lowest BCUT2D eigenvalue weighted by molar-refractivity contribution is 0.0945. The van der Waals surface area contributed by atoms with Crippen LogP contribution in [0.15, 0.2) is 23.0 Å². The second-order valence-corrected chi connectivity index (χ2v) is 7.34. The molecule has 1 saturated carbocycles. The molecule has 0 atom stereocenters. The number of carbonyl (C=O) groups is 1. The molecule has 1 aromatic carbocycles. The molecule has 0 amide bonds. The minimum atomic E-state index is -0.0679. The number of hydrogen-bond acceptors (Lipinski definition) is 2. The van der Waals surface area contributed by atoms with Crippen molar-refractivity contribution in [2.75, 3.05) is 0 Å². The Bertz CT molecular complexity index is 807. The second kappa shape index (κ2) is 3.87. The molecular formula is C17H22N2O2. The van der Waals surface area contributed by atoms with Gasteiger partial charge in [-0.3, -0.25) is 13.9 Å². The zero-order chi connectivity index (χ0) is 15.7. The average molecular weight is 286 g/mol. The lowest BCUT2D eigenvalue weighted by atomic mass is 10.0. The van der Waals surface area contributed by atoms with Crippen molar-refractivity contribution in [3.63, 3.8) is 0 Å². The Morgan fingerprint density at radius 3 is 2.05 bits per heavy atom. The number of aryl methyl sites for hydroxylation is 2. The van der Waals surface area contributed by atoms with Crippen molar-refractivity contribution in [2.24, 2.45) is 30.8 Å². The third-order valence-electron chi connectivity index (χ3n) is 5.84. The van der Waals surface area contributed by atoms with Gasteiger partial charge in [0.05, 0.1) is 11.0 Å². The highest BCUT2D eigenvalue weighted by molar-refractivity contribution is 6.03. The number of rotatable bonds is 2. The van der Waals surface area contributed by atoms with Gasteiger partial charge in [-0.2, -0.15) is 0 Å². The zero-order valence-electron chi connectivity index (χ0n) is 13.5. The molecule has 1 fully saturated rings. The molecule has 0 bridgehead atoms. The summed E-state index contributed by atoms with van der Waals surface area (Å²) >= 11 is 0. The van der Waals surface area contributed by atoms with Gasteiger partial charge in [-0.1, -0.05) is 27.7 Å². The van der Waals surface area contributed by atoms with Crippen LogP contribution in [0.2, 0.25) is 0 Å². The van der Waals surface area contributed by atoms with Gasteiger partial charge < -0.3 is 0 Å². The molecule has 1 aliphatic carbocycles. The van der Waals surface area contributed by atoms with E-state index in [2.05, 4.69) is 27.7 Å². The van der Waals surface area contributed by atoms with Crippen LogP contribution in [0, 0.1) is 16.7 Å². The summed E-state index contributed by atoms with van der Waals surface area (Å²) in [7, 11) is 3.49. The quantitative estimate of drug-likeness (QED) is 0.797. The molecule has 1 aromatic heterocycles. The van der Waals surface area contributed by atoms with Crippen molar-refractivity contribution in [3.05, 3.63) is 34.2 Å². The van der Waals surface area contributed by atoms with E-state index < -0.39 is 0 Å². The summed E-state index contributed by atoms with van der Waals surface area (Å²) in [6, 6.07) is 5.56. The summed E-state index contributed by atoms with van der Waals surface area (Å²) in [6.45, 7) is 8.58. The van der Waals surface area contributed by atoms with E-state index in [4.69, 9.17) is 0 Å². The Kier molecular flexibility index (Phi) is 2.60. The number of Topliss-reactive ketones (excluding diaryl/α,β-unsaturated/α-hetero) is 1. The average Bonchev–Trinajstić information content (AvgIpc) is 2.73. The van der Waals surface area contributed by atoms with Crippen LogP contribution in [-0.4, -0.2) is 14.9 Å². The van der Waals surface area contributed by atoms with E-state index in [0.717, 1.165) is 11.0 Å². The van der Waals surface area contributed by atoms with Crippen molar-refractivity contribution in [1.29, 1.82) is 0 Å². The normalized spacial score (nSPS) is 19.9. The predicted molar refractivity (Wildman–Crippen MR) is 83.5 cm³/mol. The van der Waals surface area contributed by atoms with Gasteiger partial charge in [0.1, 0.15) is 0 Å². The molecule has 2 aromatic rings. The highest BCUT2D eigenvalue weighted by atomic mass is 16.1. The van der Waals surface area contributed by atoms with Crippen LogP contribution in [0.25, 0.3) is 11.0 Å². The molecule has 0 unspecified atom stereocenters. The number of aromatic nitrogens is 2. The van der Waals surface area contributed by atoms with E-state index in [9.17, 15) is 9.59 Å². The molecular weight excluding hydrogens is 264 g/mol. The molecule has 1 aliphatic rings. The predicted octanol–water partition coefficient (Wildman–Crippen LogP) is 2.74. The number of fused-ring (bicyclic) bond motifs is 1. The van der Waals surface area contributed by atoms with Gasteiger partial charge in [-0.15, -0.1) is 0 Å². The molecule has 112 valence electrons. The Labute approximate surface area is 124 Å². The molecule has 0 N–H and O–H groups in total. The van der Waals surface area contributed by atoms with Crippen LogP contribution >= 0.6 is 0 Å². The Morgan fingerprint density at radius 1 is 1.00 bits per heavy atom. The van der Waals surface area contributed by atoms with E-state index in [0.29, 0.717) is 5.56 Å². The number of nitrogens with zero attached hydrogens (tertiary/aromatic N) is 2. The minimum absolute atomic E-state index is 0.0294. The number of carbonyl (C=O) groups excluding carboxylic acids is 1. The second-order valence-electron chi connectivity index (χ2n) is 7.34. The molecule has 3 rings (SSSR count). The molecule has 0 spiro atoms. The zero-order valence-corrected chi connectivity index (χ0v) is 13.5. The van der Waals surface area contributed by atoms with E-state index >= 15 is 0 Å². The summed E-state index contributed by atoms with van der Waals surface area (Å²) in [5.41, 5.74) is 2.36. The van der Waals surface area contributed by atoms with E-state index in [-0.39, 0.29) is 28.2 Å². The molecule has 0 radical (unpaired) electrons. The molecule has 4 nitrogen and oxygen atoms in total. The highest BCUT2D eigenvalue weighted by Gasteiger charge is 2.67. The fourth-order valence-electron chi connectivity index (χ4n) is 3.68. The van der Waals surface area contributed by atoms with E-state index in [1.165, 1.54) is 0 Å². The third-order valence-corrected chi connectivity index (χ3v) is 5.84. The van der Waals surface area contributed by atoms with Gasteiger partial charge in [0.2, 0.25) is 0 Å². The first-order valence-corrected chi connectivity index (χ1v) is 7.30. The van der Waals surface area contributed by atoms with Crippen LogP contribution in [-0.2, 0) is 14.1 Å². The van der Waals surface area contributed by atoms with Crippen molar-refractivity contribution in [2.45, 2.75) is 27.7 Å². The molecule has 21 heavy (non-hydrogen) atoms. The van der Waals surface area contributed by atoms with Crippen LogP contribution < -0.4 is 5.69 Å². The maximum absolute atomic E-state index is 12.8. The van der Waals surface area contributed by atoms with E-state index in [1.807, 2.05) is 18.2 Å². The highest BCUT2D eigenvalue weighted by Crippen LogP contribution is 2.69. The largest absolute Gasteiger partial charge is 0.328 e. The Morgan fingerprint density at radius 2 is 1.52 bits per heavy atom. The summed E-state index contributed by atoms with van der Waals surface area (Å²) in [5, 5.41) is 0. The van der Waals surface area contributed by atoms with Gasteiger partial charge in [-0.05, 0) is 29.0 Å². The number of benzene rings is 1. The van der Waals surface area contributed by atoms with Gasteiger partial charge in [0.25, 0.3) is 0 Å². The monoisotopic (exact) mass is 286 g/mol. The van der Waals surface area contributed by atoms with Gasteiger partial charge in [-0.25, -0.2) is 4.79 Å². The maximum atomic E-state index is 12.8. The Balaban J connectivity index is 2.09. The fraction of sp³-hybridized carbons (Fsp3) is 0.529. The summed E-state index contributed by atoms with van der Waals surface area (Å²) in [6.07, 6.45) is 0. The molecule has 0 saturated heterocycles. The number of imidazole rings is 1. The number of ketones is 1. The third kappa shape index (κ3) is 1.62. The first-order valence-electron chi connectivity index (χ1n) is 7.30. The van der Waals surface area contributed by atoms with Crippen LogP contribution in [0.3, 0.4) is 0 Å². The van der Waals surface area contributed by atoms with Gasteiger partial charge >= 0.3 is 5.69 Å². The maximum Gasteiger partial charge on any atom is 0.328 e. The number of hydrogen-bond donors (Lipinski definition) is 0. The molecule has 1 heterocycles.